The van der Waals surface area contributed by atoms with Crippen molar-refractivity contribution in [3.05, 3.63) is 41.9 Å². The van der Waals surface area contributed by atoms with E-state index in [2.05, 4.69) is 20.3 Å². The topological polar surface area (TPSA) is 72.7 Å². The lowest BCUT2D eigenvalue weighted by Gasteiger charge is -2.17. The summed E-state index contributed by atoms with van der Waals surface area (Å²) in [5.74, 6) is -0.0652. The molecule has 0 aromatic carbocycles. The standard InChI is InChI=1S/C19H20F3N5O/c1-11-5-7-13-16(24-11)27(12-6-8-14(23-10-12)19(20,21)22)17(25-13)26-15(28)9-18(2,3)4/h5-8,10H,9H2,1-4H3,(H,25,26,28). The number of amides is 1. The number of pyridine rings is 2. The van der Waals surface area contributed by atoms with Gasteiger partial charge in [-0.1, -0.05) is 20.8 Å². The second kappa shape index (κ2) is 6.88. The van der Waals surface area contributed by atoms with Crippen LogP contribution in [0, 0.1) is 12.3 Å². The van der Waals surface area contributed by atoms with Crippen LogP contribution in [0.5, 0.6) is 0 Å². The first kappa shape index (κ1) is 19.8. The highest BCUT2D eigenvalue weighted by molar-refractivity contribution is 5.92. The molecule has 0 saturated heterocycles. The number of imidazole rings is 1. The van der Waals surface area contributed by atoms with Gasteiger partial charge in [-0.15, -0.1) is 0 Å². The Kier molecular flexibility index (Phi) is 4.86. The number of anilines is 1. The molecule has 0 radical (unpaired) electrons. The van der Waals surface area contributed by atoms with Gasteiger partial charge in [-0.3, -0.25) is 14.7 Å². The highest BCUT2D eigenvalue weighted by atomic mass is 19.4. The number of hydrogen-bond donors (Lipinski definition) is 1. The van der Waals surface area contributed by atoms with E-state index in [0.29, 0.717) is 22.5 Å². The van der Waals surface area contributed by atoms with E-state index in [0.717, 1.165) is 12.3 Å². The molecule has 0 aliphatic rings. The lowest BCUT2D eigenvalue weighted by Crippen LogP contribution is -2.21. The lowest BCUT2D eigenvalue weighted by atomic mass is 9.92. The SMILES string of the molecule is Cc1ccc2nc(NC(=O)CC(C)(C)C)n(-c3ccc(C(F)(F)F)nc3)c2n1. The van der Waals surface area contributed by atoms with Gasteiger partial charge in [0.1, 0.15) is 11.2 Å². The zero-order chi connectivity index (χ0) is 20.7. The molecule has 1 N–H and O–H groups in total. The monoisotopic (exact) mass is 391 g/mol. The van der Waals surface area contributed by atoms with Crippen molar-refractivity contribution in [3.63, 3.8) is 0 Å². The molecule has 28 heavy (non-hydrogen) atoms. The molecule has 1 amide bonds. The molecule has 6 nitrogen and oxygen atoms in total. The fourth-order valence-electron chi connectivity index (χ4n) is 2.72. The summed E-state index contributed by atoms with van der Waals surface area (Å²) in [6, 6.07) is 5.68. The van der Waals surface area contributed by atoms with Gasteiger partial charge in [0, 0.05) is 12.1 Å². The Hall–Kier alpha value is -2.97. The van der Waals surface area contributed by atoms with Crippen LogP contribution in [0.1, 0.15) is 38.6 Å². The Morgan fingerprint density at radius 3 is 2.39 bits per heavy atom. The molecule has 3 rings (SSSR count). The third kappa shape index (κ3) is 4.29. The molecule has 9 heteroatoms. The van der Waals surface area contributed by atoms with Gasteiger partial charge in [-0.05, 0) is 36.6 Å². The summed E-state index contributed by atoms with van der Waals surface area (Å²) in [6.45, 7) is 7.58. The van der Waals surface area contributed by atoms with Gasteiger partial charge in [-0.25, -0.2) is 15.0 Å². The van der Waals surface area contributed by atoms with Crippen molar-refractivity contribution in [1.29, 1.82) is 0 Å². The van der Waals surface area contributed by atoms with E-state index >= 15 is 0 Å². The molecule has 0 atom stereocenters. The number of nitrogens with zero attached hydrogens (tertiary/aromatic N) is 4. The van der Waals surface area contributed by atoms with Crippen molar-refractivity contribution >= 4 is 23.0 Å². The second-order valence-corrected chi connectivity index (χ2v) is 7.75. The Labute approximate surface area is 159 Å². The van der Waals surface area contributed by atoms with Crippen LogP contribution >= 0.6 is 0 Å². The van der Waals surface area contributed by atoms with Crippen LogP contribution in [0.4, 0.5) is 19.1 Å². The summed E-state index contributed by atoms with van der Waals surface area (Å²) in [5.41, 5.74) is 0.735. The summed E-state index contributed by atoms with van der Waals surface area (Å²) < 4.78 is 40.0. The van der Waals surface area contributed by atoms with Crippen LogP contribution in [0.25, 0.3) is 16.9 Å². The molecule has 3 aromatic rings. The number of rotatable bonds is 3. The fraction of sp³-hybridized carbons (Fsp3) is 0.368. The van der Waals surface area contributed by atoms with Gasteiger partial charge in [0.25, 0.3) is 0 Å². The molecule has 3 aromatic heterocycles. The molecular weight excluding hydrogens is 371 g/mol. The van der Waals surface area contributed by atoms with Crippen molar-refractivity contribution in [2.45, 2.75) is 40.3 Å². The number of aryl methyl sites for hydroxylation is 1. The van der Waals surface area contributed by atoms with E-state index in [4.69, 9.17) is 0 Å². The first-order valence-corrected chi connectivity index (χ1v) is 8.64. The quantitative estimate of drug-likeness (QED) is 0.713. The fourth-order valence-corrected chi connectivity index (χ4v) is 2.72. The van der Waals surface area contributed by atoms with Crippen LogP contribution in [-0.4, -0.2) is 25.4 Å². The summed E-state index contributed by atoms with van der Waals surface area (Å²) >= 11 is 0. The summed E-state index contributed by atoms with van der Waals surface area (Å²) in [7, 11) is 0. The van der Waals surface area contributed by atoms with Crippen molar-refractivity contribution in [1.82, 2.24) is 19.5 Å². The molecule has 0 aliphatic heterocycles. The van der Waals surface area contributed by atoms with Crippen molar-refractivity contribution in [3.8, 4) is 5.69 Å². The normalized spacial score (nSPS) is 12.4. The van der Waals surface area contributed by atoms with Crippen LogP contribution in [0.3, 0.4) is 0 Å². The molecule has 0 aliphatic carbocycles. The minimum atomic E-state index is -4.53. The third-order valence-electron chi connectivity index (χ3n) is 3.88. The zero-order valence-electron chi connectivity index (χ0n) is 15.9. The average molecular weight is 391 g/mol. The largest absolute Gasteiger partial charge is 0.433 e. The van der Waals surface area contributed by atoms with Gasteiger partial charge in [0.2, 0.25) is 11.9 Å². The summed E-state index contributed by atoms with van der Waals surface area (Å²) in [5, 5.41) is 2.74. The van der Waals surface area contributed by atoms with Gasteiger partial charge < -0.3 is 0 Å². The zero-order valence-corrected chi connectivity index (χ0v) is 15.9. The second-order valence-electron chi connectivity index (χ2n) is 7.75. The van der Waals surface area contributed by atoms with E-state index in [1.807, 2.05) is 20.8 Å². The predicted molar refractivity (Wildman–Crippen MR) is 99.1 cm³/mol. The van der Waals surface area contributed by atoms with Gasteiger partial charge >= 0.3 is 6.18 Å². The number of carbonyl (C=O) groups excluding carboxylic acids is 1. The Balaban J connectivity index is 2.08. The number of hydrogen-bond acceptors (Lipinski definition) is 4. The van der Waals surface area contributed by atoms with E-state index in [9.17, 15) is 18.0 Å². The maximum Gasteiger partial charge on any atom is 0.433 e. The maximum absolute atomic E-state index is 12.8. The number of halogens is 3. The maximum atomic E-state index is 12.8. The Bertz CT molecular complexity index is 1020. The first-order valence-electron chi connectivity index (χ1n) is 8.64. The van der Waals surface area contributed by atoms with Gasteiger partial charge in [0.15, 0.2) is 5.65 Å². The van der Waals surface area contributed by atoms with E-state index in [1.54, 1.807) is 19.1 Å². The van der Waals surface area contributed by atoms with Crippen LogP contribution in [-0.2, 0) is 11.0 Å². The minimum Gasteiger partial charge on any atom is -0.296 e. The molecular formula is C19H20F3N5O. The lowest BCUT2D eigenvalue weighted by molar-refractivity contribution is -0.141. The number of alkyl halides is 3. The molecule has 0 bridgehead atoms. The molecule has 0 fully saturated rings. The van der Waals surface area contributed by atoms with Crippen molar-refractivity contribution < 1.29 is 18.0 Å². The van der Waals surface area contributed by atoms with Crippen LogP contribution in [0.15, 0.2) is 30.5 Å². The third-order valence-corrected chi connectivity index (χ3v) is 3.88. The van der Waals surface area contributed by atoms with Crippen molar-refractivity contribution in [2.24, 2.45) is 5.41 Å². The smallest absolute Gasteiger partial charge is 0.296 e. The Morgan fingerprint density at radius 1 is 1.11 bits per heavy atom. The van der Waals surface area contributed by atoms with Crippen molar-refractivity contribution in [2.75, 3.05) is 5.32 Å². The van der Waals surface area contributed by atoms with E-state index < -0.39 is 11.9 Å². The average Bonchev–Trinajstić information content (AvgIpc) is 2.89. The van der Waals surface area contributed by atoms with Gasteiger partial charge in [-0.2, -0.15) is 13.2 Å². The molecule has 0 saturated carbocycles. The summed E-state index contributed by atoms with van der Waals surface area (Å²) in [4.78, 5) is 24.7. The molecule has 0 spiro atoms. The van der Waals surface area contributed by atoms with Gasteiger partial charge in [0.05, 0.1) is 11.9 Å². The predicted octanol–water partition coefficient (Wildman–Crippen LogP) is 4.52. The van der Waals surface area contributed by atoms with Crippen LogP contribution < -0.4 is 5.32 Å². The molecule has 0 unspecified atom stereocenters. The highest BCUT2D eigenvalue weighted by Crippen LogP contribution is 2.29. The van der Waals surface area contributed by atoms with Crippen LogP contribution in [0.2, 0.25) is 0 Å². The molecule has 148 valence electrons. The minimum absolute atomic E-state index is 0.184. The number of carbonyl (C=O) groups is 1. The number of nitrogens with one attached hydrogen (secondary N) is 1. The Morgan fingerprint density at radius 2 is 1.82 bits per heavy atom. The number of aromatic nitrogens is 4. The first-order chi connectivity index (χ1) is 12.9. The number of fused-ring (bicyclic) bond motifs is 1. The van der Waals surface area contributed by atoms with E-state index in [1.165, 1.54) is 10.6 Å². The highest BCUT2D eigenvalue weighted by Gasteiger charge is 2.32. The molecule has 3 heterocycles. The summed E-state index contributed by atoms with van der Waals surface area (Å²) in [6.07, 6.45) is -3.19. The van der Waals surface area contributed by atoms with E-state index in [-0.39, 0.29) is 23.7 Å².